The molecule has 0 fully saturated rings. The Balaban J connectivity index is 1.61. The van der Waals surface area contributed by atoms with Crippen molar-refractivity contribution >= 4 is 68.6 Å². The first kappa shape index (κ1) is 26.5. The summed E-state index contributed by atoms with van der Waals surface area (Å²) in [6, 6.07) is 8.44. The van der Waals surface area contributed by atoms with Gasteiger partial charge >= 0.3 is 0 Å². The minimum atomic E-state index is -0.279. The maximum absolute atomic E-state index is 13.7. The number of aromatic nitrogens is 2. The average molecular weight is 592 g/mol. The summed E-state index contributed by atoms with van der Waals surface area (Å²) < 4.78 is 9.42. The quantitative estimate of drug-likeness (QED) is 0.185. The Morgan fingerprint density at radius 2 is 1.28 bits per heavy atom. The van der Waals surface area contributed by atoms with Crippen molar-refractivity contribution in [1.29, 1.82) is 0 Å². The summed E-state index contributed by atoms with van der Waals surface area (Å²) in [5.41, 5.74) is 6.43. The second kappa shape index (κ2) is 9.44. The lowest BCUT2D eigenvalue weighted by molar-refractivity contribution is 0.0693. The van der Waals surface area contributed by atoms with E-state index in [2.05, 4.69) is 65.8 Å². The zero-order chi connectivity index (χ0) is 27.8. The van der Waals surface area contributed by atoms with Crippen molar-refractivity contribution < 1.29 is 9.59 Å². The van der Waals surface area contributed by atoms with Crippen LogP contribution >= 0.6 is 45.7 Å². The predicted molar refractivity (Wildman–Crippen MR) is 166 cm³/mol. The van der Waals surface area contributed by atoms with Crippen molar-refractivity contribution in [2.24, 2.45) is 0 Å². The number of amides is 2. The van der Waals surface area contributed by atoms with E-state index in [4.69, 9.17) is 8.75 Å². The Morgan fingerprint density at radius 1 is 0.744 bits per heavy atom. The van der Waals surface area contributed by atoms with E-state index in [0.29, 0.717) is 22.2 Å². The molecule has 1 aliphatic rings. The van der Waals surface area contributed by atoms with Gasteiger partial charge in [0.25, 0.3) is 11.8 Å². The molecule has 0 N–H and O–H groups in total. The van der Waals surface area contributed by atoms with Gasteiger partial charge in [-0.25, -0.2) is 0 Å². The molecule has 5 heterocycles. The Morgan fingerprint density at radius 3 is 1.82 bits per heavy atom. The van der Waals surface area contributed by atoms with Crippen LogP contribution in [0, 0.1) is 20.8 Å². The normalized spacial score (nSPS) is 13.8. The van der Waals surface area contributed by atoms with Gasteiger partial charge < -0.3 is 0 Å². The fourth-order valence-corrected chi connectivity index (χ4v) is 9.60. The molecule has 5 nitrogen and oxygen atoms in total. The van der Waals surface area contributed by atoms with Gasteiger partial charge in [-0.05, 0) is 69.0 Å². The minimum Gasteiger partial charge on any atom is -0.277 e. The highest BCUT2D eigenvalue weighted by Crippen LogP contribution is 2.50. The van der Waals surface area contributed by atoms with E-state index in [-0.39, 0.29) is 17.2 Å². The topological polar surface area (TPSA) is 63.2 Å². The number of benzene rings is 1. The van der Waals surface area contributed by atoms with Gasteiger partial charge in [-0.15, -0.1) is 34.0 Å². The molecule has 0 saturated heterocycles. The van der Waals surface area contributed by atoms with Gasteiger partial charge in [0, 0.05) is 52.9 Å². The molecule has 1 aliphatic heterocycles. The third-order valence-corrected chi connectivity index (χ3v) is 13.0. The molecule has 2 amide bonds. The minimum absolute atomic E-state index is 0.0616. The van der Waals surface area contributed by atoms with E-state index in [1.807, 2.05) is 0 Å². The van der Waals surface area contributed by atoms with Gasteiger partial charge in [0.05, 0.1) is 22.9 Å². The Kier molecular flexibility index (Phi) is 6.41. The number of rotatable bonds is 6. The molecule has 1 aromatic carbocycles. The number of thiophene rings is 3. The number of imide groups is 1. The number of fused-ring (bicyclic) bond motifs is 2. The van der Waals surface area contributed by atoms with Crippen LogP contribution < -0.4 is 0 Å². The van der Waals surface area contributed by atoms with Gasteiger partial charge in [-0.3, -0.25) is 14.5 Å². The molecule has 6 rings (SSSR count). The van der Waals surface area contributed by atoms with Crippen LogP contribution in [0.5, 0.6) is 0 Å². The van der Waals surface area contributed by atoms with Crippen LogP contribution in [0.4, 0.5) is 0 Å². The van der Waals surface area contributed by atoms with Gasteiger partial charge in [0.15, 0.2) is 0 Å². The monoisotopic (exact) mass is 591 g/mol. The molecule has 0 aliphatic carbocycles. The molecule has 4 aromatic heterocycles. The summed E-state index contributed by atoms with van der Waals surface area (Å²) in [5, 5.41) is 0. The summed E-state index contributed by atoms with van der Waals surface area (Å²) >= 11 is 6.28. The first-order valence-electron chi connectivity index (χ1n) is 13.0. The second-order valence-corrected chi connectivity index (χ2v) is 14.4. The summed E-state index contributed by atoms with van der Waals surface area (Å²) in [6.07, 6.45) is 2.05. The molecule has 0 unspecified atom stereocenters. The number of carbonyl (C=O) groups excluding carboxylic acids is 2. The molecule has 5 aromatic rings. The molecule has 0 atom stereocenters. The smallest absolute Gasteiger partial charge is 0.262 e. The third kappa shape index (κ3) is 3.81. The zero-order valence-corrected chi connectivity index (χ0v) is 26.3. The second-order valence-electron chi connectivity index (χ2n) is 10.5. The molecule has 39 heavy (non-hydrogen) atoms. The van der Waals surface area contributed by atoms with E-state index in [0.717, 1.165) is 50.3 Å². The highest BCUT2D eigenvalue weighted by molar-refractivity contribution is 7.24. The molecule has 0 spiro atoms. The van der Waals surface area contributed by atoms with Gasteiger partial charge in [0.2, 0.25) is 0 Å². The highest BCUT2D eigenvalue weighted by Gasteiger charge is 2.41. The maximum Gasteiger partial charge on any atom is 0.262 e. The average Bonchev–Trinajstić information content (AvgIpc) is 3.77. The number of hydrogen-bond donors (Lipinski definition) is 0. The van der Waals surface area contributed by atoms with Crippen LogP contribution in [0.1, 0.15) is 75.2 Å². The summed E-state index contributed by atoms with van der Waals surface area (Å²) in [7, 11) is 1.57. The first-order chi connectivity index (χ1) is 18.6. The van der Waals surface area contributed by atoms with Crippen molar-refractivity contribution in [1.82, 2.24) is 13.6 Å². The molecule has 0 saturated carbocycles. The molecule has 0 radical (unpaired) electrons. The number of nitrogens with zero attached hydrogens (tertiary/aromatic N) is 3. The van der Waals surface area contributed by atoms with Gasteiger partial charge in [-0.2, -0.15) is 8.75 Å². The molecule has 9 heteroatoms. The van der Waals surface area contributed by atoms with E-state index in [9.17, 15) is 9.59 Å². The summed E-state index contributed by atoms with van der Waals surface area (Å²) in [4.78, 5) is 35.4. The number of hydrogen-bond acceptors (Lipinski definition) is 8. The fourth-order valence-electron chi connectivity index (χ4n) is 5.30. The van der Waals surface area contributed by atoms with Crippen LogP contribution in [0.3, 0.4) is 0 Å². The Hall–Kier alpha value is -2.72. The van der Waals surface area contributed by atoms with E-state index >= 15 is 0 Å². The Labute approximate surface area is 244 Å². The lowest BCUT2D eigenvalue weighted by atomic mass is 9.83. The van der Waals surface area contributed by atoms with Crippen molar-refractivity contribution in [2.75, 3.05) is 7.05 Å². The lowest BCUT2D eigenvalue weighted by Crippen LogP contribution is -2.24. The van der Waals surface area contributed by atoms with Crippen LogP contribution in [0.2, 0.25) is 0 Å². The largest absolute Gasteiger partial charge is 0.277 e. The highest BCUT2D eigenvalue weighted by atomic mass is 32.1. The van der Waals surface area contributed by atoms with E-state index in [1.54, 1.807) is 41.1 Å². The SMILES string of the molecule is CCC(C)(CC)c1ccc(-c2c3c(c(-c4ccc(-c5sc(C)c(C)c5C)s4)c4nsnc24)C(=O)N(C)C3=O)s1. The molecule has 0 bridgehead atoms. The van der Waals surface area contributed by atoms with E-state index in [1.165, 1.54) is 30.7 Å². The van der Waals surface area contributed by atoms with Crippen molar-refractivity contribution in [3.8, 4) is 30.6 Å². The maximum atomic E-state index is 13.7. The van der Waals surface area contributed by atoms with Crippen molar-refractivity contribution in [3.05, 3.63) is 56.3 Å². The lowest BCUT2D eigenvalue weighted by Gasteiger charge is -2.25. The molecular formula is C30H29N3O2S4. The predicted octanol–water partition coefficient (Wildman–Crippen LogP) is 9.11. The standard InChI is InChI=1S/C30H29N3O2S4/c1-8-30(6,9-2)20-13-12-18(38-20)22-24-23(28(34)33(7)29(24)35)21(25-26(22)32-39-31-25)17-10-11-19(37-17)27-15(4)14(3)16(5)36-27/h10-13H,8-9H2,1-7H3. The van der Waals surface area contributed by atoms with Crippen LogP contribution in [-0.2, 0) is 5.41 Å². The fraction of sp³-hybridized carbons (Fsp3) is 0.333. The number of aryl methyl sites for hydroxylation is 1. The van der Waals surface area contributed by atoms with Gasteiger partial charge in [-0.1, -0.05) is 20.8 Å². The van der Waals surface area contributed by atoms with Crippen LogP contribution in [-0.4, -0.2) is 32.5 Å². The first-order valence-corrected chi connectivity index (χ1v) is 16.2. The summed E-state index contributed by atoms with van der Waals surface area (Å²) in [5.74, 6) is -0.555. The van der Waals surface area contributed by atoms with Crippen molar-refractivity contribution in [2.45, 2.75) is 59.8 Å². The zero-order valence-electron chi connectivity index (χ0n) is 23.0. The van der Waals surface area contributed by atoms with Crippen LogP contribution in [0.15, 0.2) is 24.3 Å². The third-order valence-electron chi connectivity index (χ3n) is 8.52. The van der Waals surface area contributed by atoms with Crippen molar-refractivity contribution in [3.63, 3.8) is 0 Å². The Bertz CT molecular complexity index is 1800. The van der Waals surface area contributed by atoms with Gasteiger partial charge in [0.1, 0.15) is 11.0 Å². The number of carbonyl (C=O) groups is 2. The molecular weight excluding hydrogens is 563 g/mol. The van der Waals surface area contributed by atoms with E-state index < -0.39 is 0 Å². The molecule has 200 valence electrons. The summed E-state index contributed by atoms with van der Waals surface area (Å²) in [6.45, 7) is 13.2. The van der Waals surface area contributed by atoms with Crippen LogP contribution in [0.25, 0.3) is 41.7 Å².